The summed E-state index contributed by atoms with van der Waals surface area (Å²) in [7, 11) is 0. The minimum Gasteiger partial charge on any atom is -0.393 e. The van der Waals surface area contributed by atoms with Crippen molar-refractivity contribution in [2.75, 3.05) is 39.3 Å². The molecule has 6 heteroatoms. The minimum atomic E-state index is -0.813. The summed E-state index contributed by atoms with van der Waals surface area (Å²) in [4.78, 5) is 0. The van der Waals surface area contributed by atoms with Gasteiger partial charge in [-0.2, -0.15) is 0 Å². The first-order chi connectivity index (χ1) is 20.6. The number of aliphatic hydroxyl groups excluding tert-OH is 1. The lowest BCUT2D eigenvalue weighted by Gasteiger charge is -2.66. The van der Waals surface area contributed by atoms with E-state index in [9.17, 15) is 10.2 Å². The van der Waals surface area contributed by atoms with Crippen molar-refractivity contribution in [3.63, 3.8) is 0 Å². The lowest BCUT2D eigenvalue weighted by molar-refractivity contribution is -0.234. The molecule has 4 aliphatic rings. The Morgan fingerprint density at radius 2 is 1.49 bits per heavy atom. The summed E-state index contributed by atoms with van der Waals surface area (Å²) in [5.41, 5.74) is 5.09. The average Bonchev–Trinajstić information content (AvgIpc) is 3.32. The molecule has 4 fully saturated rings. The summed E-state index contributed by atoms with van der Waals surface area (Å²) in [6.07, 6.45) is 17.1. The predicted molar refractivity (Wildman–Crippen MR) is 181 cm³/mol. The Balaban J connectivity index is 1.34. The van der Waals surface area contributed by atoms with E-state index in [-0.39, 0.29) is 17.6 Å². The molecule has 0 aromatic rings. The Hall–Kier alpha value is -0.240. The highest BCUT2D eigenvalue weighted by Crippen LogP contribution is 2.69. The molecule has 7 N–H and O–H groups in total. The maximum Gasteiger partial charge on any atom is 0.0880 e. The van der Waals surface area contributed by atoms with Gasteiger partial charge < -0.3 is 31.9 Å². The predicted octanol–water partition coefficient (Wildman–Crippen LogP) is 5.85. The lowest BCUT2D eigenvalue weighted by atomic mass is 9.42. The van der Waals surface area contributed by atoms with Crippen LogP contribution in [-0.2, 0) is 0 Å². The molecule has 4 aliphatic carbocycles. The van der Waals surface area contributed by atoms with Gasteiger partial charge in [-0.1, -0.05) is 53.9 Å². The van der Waals surface area contributed by atoms with Crippen LogP contribution in [0.4, 0.5) is 0 Å². The van der Waals surface area contributed by atoms with E-state index in [1.807, 2.05) is 0 Å². The van der Waals surface area contributed by atoms with Crippen LogP contribution in [-0.4, -0.2) is 67.2 Å². The molecule has 4 rings (SSSR count). The number of hydrogen-bond donors (Lipinski definition) is 6. The van der Waals surface area contributed by atoms with Gasteiger partial charge in [0.2, 0.25) is 0 Å². The van der Waals surface area contributed by atoms with Crippen molar-refractivity contribution in [3.8, 4) is 0 Å². The van der Waals surface area contributed by atoms with Gasteiger partial charge in [-0.05, 0) is 151 Å². The molecule has 6 nitrogen and oxygen atoms in total. The van der Waals surface area contributed by atoms with Gasteiger partial charge in [0.1, 0.15) is 0 Å². The summed E-state index contributed by atoms with van der Waals surface area (Å²) in [6.45, 7) is 18.3. The monoisotopic (exact) mass is 605 g/mol. The fourth-order valence-corrected chi connectivity index (χ4v) is 11.0. The highest BCUT2D eigenvalue weighted by atomic mass is 16.3. The molecule has 0 heterocycles. The normalized spacial score (nSPS) is 39.8. The standard InChI is InChI=1S/C37H72N4O2/c1-27(2)11-8-12-28(3)31-13-14-32-30-25-34(41-24-10-23-40-21-7-6-20-39-22-9-19-38)37(43)26-29(42)15-18-36(37,5)33(30)16-17-35(31,32)4/h27-34,39-43H,6-26,38H2,1-5H3/t28?,29-,30-,31+,32-,33-,34+,35+,36+,37-/m0/s1. The van der Waals surface area contributed by atoms with Gasteiger partial charge in [0.15, 0.2) is 0 Å². The zero-order valence-corrected chi connectivity index (χ0v) is 28.9. The molecule has 0 amide bonds. The van der Waals surface area contributed by atoms with Crippen LogP contribution in [0.3, 0.4) is 0 Å². The van der Waals surface area contributed by atoms with Gasteiger partial charge in [0.25, 0.3) is 0 Å². The van der Waals surface area contributed by atoms with E-state index >= 15 is 0 Å². The van der Waals surface area contributed by atoms with E-state index in [2.05, 4.69) is 50.6 Å². The maximum atomic E-state index is 12.5. The first-order valence-electron chi connectivity index (χ1n) is 18.8. The Morgan fingerprint density at radius 1 is 0.791 bits per heavy atom. The number of nitrogens with one attached hydrogen (secondary N) is 3. The molecular weight excluding hydrogens is 532 g/mol. The largest absolute Gasteiger partial charge is 0.393 e. The van der Waals surface area contributed by atoms with Crippen LogP contribution in [0.5, 0.6) is 0 Å². The van der Waals surface area contributed by atoms with Gasteiger partial charge in [-0.3, -0.25) is 0 Å². The Bertz CT molecular complexity index is 826. The summed E-state index contributed by atoms with van der Waals surface area (Å²) < 4.78 is 0. The third kappa shape index (κ3) is 8.01. The fourth-order valence-electron chi connectivity index (χ4n) is 11.0. The van der Waals surface area contributed by atoms with E-state index in [4.69, 9.17) is 5.73 Å². The van der Waals surface area contributed by atoms with Crippen LogP contribution in [0.1, 0.15) is 131 Å². The van der Waals surface area contributed by atoms with Crippen LogP contribution in [0.25, 0.3) is 0 Å². The minimum absolute atomic E-state index is 0.0816. The molecule has 0 saturated heterocycles. The van der Waals surface area contributed by atoms with Crippen molar-refractivity contribution in [3.05, 3.63) is 0 Å². The van der Waals surface area contributed by atoms with Gasteiger partial charge >= 0.3 is 0 Å². The summed E-state index contributed by atoms with van der Waals surface area (Å²) in [5.74, 6) is 4.55. The summed E-state index contributed by atoms with van der Waals surface area (Å²) in [6, 6.07) is 0.0816. The van der Waals surface area contributed by atoms with Gasteiger partial charge in [-0.15, -0.1) is 0 Å². The van der Waals surface area contributed by atoms with E-state index in [0.29, 0.717) is 23.7 Å². The van der Waals surface area contributed by atoms with E-state index in [1.165, 1.54) is 57.8 Å². The van der Waals surface area contributed by atoms with Crippen molar-refractivity contribution in [2.24, 2.45) is 52.1 Å². The third-order valence-corrected chi connectivity index (χ3v) is 13.5. The zero-order valence-electron chi connectivity index (χ0n) is 28.9. The van der Waals surface area contributed by atoms with E-state index < -0.39 is 5.60 Å². The molecule has 0 radical (unpaired) electrons. The van der Waals surface area contributed by atoms with Crippen molar-refractivity contribution < 1.29 is 10.2 Å². The highest BCUT2D eigenvalue weighted by Gasteiger charge is 2.67. The molecule has 1 unspecified atom stereocenters. The van der Waals surface area contributed by atoms with Crippen molar-refractivity contribution in [1.82, 2.24) is 16.0 Å². The smallest absolute Gasteiger partial charge is 0.0880 e. The lowest BCUT2D eigenvalue weighted by Crippen LogP contribution is -2.71. The van der Waals surface area contributed by atoms with Crippen LogP contribution in [0, 0.1) is 46.3 Å². The number of unbranched alkanes of at least 4 members (excludes halogenated alkanes) is 1. The maximum absolute atomic E-state index is 12.5. The second-order valence-electron chi connectivity index (χ2n) is 16.6. The van der Waals surface area contributed by atoms with Crippen LogP contribution < -0.4 is 21.7 Å². The van der Waals surface area contributed by atoms with Crippen LogP contribution in [0.15, 0.2) is 0 Å². The highest BCUT2D eigenvalue weighted by molar-refractivity contribution is 5.18. The van der Waals surface area contributed by atoms with Crippen LogP contribution in [0.2, 0.25) is 0 Å². The zero-order chi connectivity index (χ0) is 31.1. The Labute approximate surface area is 265 Å². The van der Waals surface area contributed by atoms with Gasteiger partial charge in [0, 0.05) is 17.9 Å². The molecule has 0 bridgehead atoms. The van der Waals surface area contributed by atoms with Crippen LogP contribution >= 0.6 is 0 Å². The average molecular weight is 605 g/mol. The quantitative estimate of drug-likeness (QED) is 0.110. The third-order valence-electron chi connectivity index (χ3n) is 13.5. The number of fused-ring (bicyclic) bond motifs is 5. The number of hydrogen-bond acceptors (Lipinski definition) is 6. The molecule has 10 atom stereocenters. The molecule has 43 heavy (non-hydrogen) atoms. The number of aliphatic hydroxyl groups is 2. The molecule has 4 saturated carbocycles. The first-order valence-corrected chi connectivity index (χ1v) is 18.8. The van der Waals surface area contributed by atoms with Crippen molar-refractivity contribution in [2.45, 2.75) is 149 Å². The van der Waals surface area contributed by atoms with Crippen molar-refractivity contribution in [1.29, 1.82) is 0 Å². The summed E-state index contributed by atoms with van der Waals surface area (Å²) in [5, 5.41) is 34.3. The molecule has 0 aromatic heterocycles. The van der Waals surface area contributed by atoms with Crippen molar-refractivity contribution >= 4 is 0 Å². The SMILES string of the molecule is CC(C)CCCC(C)[C@H]1CC[C@H]2[C@@H]3C[C@@H](NCCCNCCCCNCCCN)[C@@]4(O)C[C@@H](O)CC[C@]4(C)[C@H]3CC[C@]12C. The number of rotatable bonds is 18. The number of nitrogens with two attached hydrogens (primary N) is 1. The molecule has 0 spiro atoms. The Kier molecular flexibility index (Phi) is 13.3. The van der Waals surface area contributed by atoms with Gasteiger partial charge in [0.05, 0.1) is 11.7 Å². The van der Waals surface area contributed by atoms with Gasteiger partial charge in [-0.25, -0.2) is 0 Å². The molecule has 252 valence electrons. The molecular formula is C37H72N4O2. The fraction of sp³-hybridized carbons (Fsp3) is 1.00. The second-order valence-corrected chi connectivity index (χ2v) is 16.6. The second kappa shape index (κ2) is 16.0. The molecule has 0 aromatic carbocycles. The summed E-state index contributed by atoms with van der Waals surface area (Å²) >= 11 is 0. The van der Waals surface area contributed by atoms with E-state index in [0.717, 1.165) is 95.0 Å². The Morgan fingerprint density at radius 3 is 2.19 bits per heavy atom. The molecule has 0 aliphatic heterocycles. The first kappa shape index (κ1) is 35.6. The topological polar surface area (TPSA) is 103 Å². The van der Waals surface area contributed by atoms with E-state index in [1.54, 1.807) is 0 Å².